The molecule has 2 heterocycles. The van der Waals surface area contributed by atoms with Crippen molar-refractivity contribution in [3.63, 3.8) is 0 Å². The number of hydrogen-bond donors (Lipinski definition) is 1. The van der Waals surface area contributed by atoms with Gasteiger partial charge in [-0.1, -0.05) is 19.1 Å². The van der Waals surface area contributed by atoms with Crippen LogP contribution in [0.5, 0.6) is 0 Å². The highest BCUT2D eigenvalue weighted by molar-refractivity contribution is 5.21. The van der Waals surface area contributed by atoms with Crippen LogP contribution in [0, 0.1) is 5.82 Å². The largest absolute Gasteiger partial charge is 0.424 e. The third-order valence-corrected chi connectivity index (χ3v) is 3.79. The molecule has 1 N–H and O–H groups in total. The molecule has 1 aliphatic rings. The maximum atomic E-state index is 13.0. The molecule has 1 aliphatic heterocycles. The molecule has 0 bridgehead atoms. The Morgan fingerprint density at radius 2 is 2.00 bits per heavy atom. The summed E-state index contributed by atoms with van der Waals surface area (Å²) in [6.07, 6.45) is 0.936. The lowest BCUT2D eigenvalue weighted by atomic mass is 10.0. The average molecular weight is 291 g/mol. The van der Waals surface area contributed by atoms with Crippen molar-refractivity contribution in [3.8, 4) is 0 Å². The van der Waals surface area contributed by atoms with E-state index in [9.17, 15) is 9.50 Å². The number of rotatable bonds is 4. The van der Waals surface area contributed by atoms with E-state index in [0.29, 0.717) is 37.7 Å². The monoisotopic (exact) mass is 291 g/mol. The summed E-state index contributed by atoms with van der Waals surface area (Å²) in [6, 6.07) is 6.45. The van der Waals surface area contributed by atoms with Gasteiger partial charge in [-0.15, -0.1) is 10.2 Å². The van der Waals surface area contributed by atoms with Crippen molar-refractivity contribution in [2.45, 2.75) is 38.5 Å². The number of benzene rings is 1. The smallest absolute Gasteiger partial charge is 0.230 e. The standard InChI is InChI=1S/C15H18FN3O2/c1-2-14-17-18-15(21-14)9-19-8-12(20)7-13(19)10-3-5-11(16)6-4-10/h3-6,12-13,20H,2,7-9H2,1H3/t12-,13+/m0/s1. The fourth-order valence-corrected chi connectivity index (χ4v) is 2.75. The molecule has 1 aromatic carbocycles. The predicted molar refractivity (Wildman–Crippen MR) is 73.9 cm³/mol. The molecule has 6 heteroatoms. The Hall–Kier alpha value is -1.79. The van der Waals surface area contributed by atoms with E-state index < -0.39 is 6.10 Å². The van der Waals surface area contributed by atoms with Crippen LogP contribution < -0.4 is 0 Å². The Kier molecular flexibility index (Phi) is 3.98. The number of aromatic nitrogens is 2. The highest BCUT2D eigenvalue weighted by Crippen LogP contribution is 2.33. The normalized spacial score (nSPS) is 22.8. The zero-order valence-electron chi connectivity index (χ0n) is 11.9. The first-order valence-electron chi connectivity index (χ1n) is 7.14. The molecule has 2 aromatic rings. The molecule has 0 radical (unpaired) electrons. The summed E-state index contributed by atoms with van der Waals surface area (Å²) in [5.41, 5.74) is 0.989. The first-order chi connectivity index (χ1) is 10.2. The van der Waals surface area contributed by atoms with Crippen LogP contribution in [0.1, 0.15) is 36.7 Å². The molecule has 2 atom stereocenters. The summed E-state index contributed by atoms with van der Waals surface area (Å²) < 4.78 is 18.6. The molecule has 112 valence electrons. The molecule has 0 spiro atoms. The second-order valence-electron chi connectivity index (χ2n) is 5.33. The zero-order chi connectivity index (χ0) is 14.8. The zero-order valence-corrected chi connectivity index (χ0v) is 11.9. The van der Waals surface area contributed by atoms with Gasteiger partial charge >= 0.3 is 0 Å². The first-order valence-corrected chi connectivity index (χ1v) is 7.14. The maximum Gasteiger partial charge on any atom is 0.230 e. The maximum absolute atomic E-state index is 13.0. The minimum atomic E-state index is -0.395. The highest BCUT2D eigenvalue weighted by atomic mass is 19.1. The number of likely N-dealkylation sites (tertiary alicyclic amines) is 1. The summed E-state index contributed by atoms with van der Waals surface area (Å²) in [7, 11) is 0. The number of aryl methyl sites for hydroxylation is 1. The first kappa shape index (κ1) is 14.2. The van der Waals surface area contributed by atoms with Gasteiger partial charge < -0.3 is 9.52 Å². The van der Waals surface area contributed by atoms with Crippen molar-refractivity contribution in [2.24, 2.45) is 0 Å². The Morgan fingerprint density at radius 3 is 2.67 bits per heavy atom. The van der Waals surface area contributed by atoms with Crippen LogP contribution in [-0.4, -0.2) is 32.9 Å². The van der Waals surface area contributed by atoms with Crippen LogP contribution in [0.3, 0.4) is 0 Å². The van der Waals surface area contributed by atoms with Gasteiger partial charge in [-0.25, -0.2) is 4.39 Å². The lowest BCUT2D eigenvalue weighted by Crippen LogP contribution is -2.24. The fourth-order valence-electron chi connectivity index (χ4n) is 2.75. The van der Waals surface area contributed by atoms with E-state index in [1.807, 2.05) is 6.92 Å². The van der Waals surface area contributed by atoms with Crippen molar-refractivity contribution in [1.29, 1.82) is 0 Å². The number of β-amino-alcohol motifs (C(OH)–C–C–N with tert-alkyl or cyclic N) is 1. The molecule has 5 nitrogen and oxygen atoms in total. The molecule has 1 fully saturated rings. The van der Waals surface area contributed by atoms with Crippen molar-refractivity contribution in [3.05, 3.63) is 47.4 Å². The van der Waals surface area contributed by atoms with Crippen LogP contribution in [0.4, 0.5) is 4.39 Å². The van der Waals surface area contributed by atoms with E-state index in [1.165, 1.54) is 12.1 Å². The topological polar surface area (TPSA) is 62.4 Å². The van der Waals surface area contributed by atoms with Crippen molar-refractivity contribution in [2.75, 3.05) is 6.54 Å². The van der Waals surface area contributed by atoms with Gasteiger partial charge in [-0.05, 0) is 24.1 Å². The van der Waals surface area contributed by atoms with Gasteiger partial charge in [-0.2, -0.15) is 0 Å². The van der Waals surface area contributed by atoms with Crippen molar-refractivity contribution >= 4 is 0 Å². The highest BCUT2D eigenvalue weighted by Gasteiger charge is 2.33. The van der Waals surface area contributed by atoms with Gasteiger partial charge in [-0.3, -0.25) is 4.90 Å². The molecule has 0 amide bonds. The number of hydrogen-bond acceptors (Lipinski definition) is 5. The van der Waals surface area contributed by atoms with E-state index in [4.69, 9.17) is 4.42 Å². The summed E-state index contributed by atoms with van der Waals surface area (Å²) in [5, 5.41) is 17.9. The molecule has 1 aromatic heterocycles. The van der Waals surface area contributed by atoms with Gasteiger partial charge in [0, 0.05) is 19.0 Å². The van der Waals surface area contributed by atoms with Crippen LogP contribution in [0.2, 0.25) is 0 Å². The average Bonchev–Trinajstić information content (AvgIpc) is 3.07. The molecule has 0 aliphatic carbocycles. The van der Waals surface area contributed by atoms with Crippen LogP contribution in [-0.2, 0) is 13.0 Å². The van der Waals surface area contributed by atoms with E-state index >= 15 is 0 Å². The van der Waals surface area contributed by atoms with E-state index in [2.05, 4.69) is 15.1 Å². The third-order valence-electron chi connectivity index (χ3n) is 3.79. The Labute approximate surface area is 122 Å². The molecule has 21 heavy (non-hydrogen) atoms. The van der Waals surface area contributed by atoms with Crippen LogP contribution in [0.15, 0.2) is 28.7 Å². The fraction of sp³-hybridized carbons (Fsp3) is 0.467. The summed E-state index contributed by atoms with van der Waals surface area (Å²) in [5.74, 6) is 0.907. The van der Waals surface area contributed by atoms with Crippen molar-refractivity contribution < 1.29 is 13.9 Å². The number of aliphatic hydroxyl groups is 1. The molecule has 1 saturated heterocycles. The minimum Gasteiger partial charge on any atom is -0.424 e. The van der Waals surface area contributed by atoms with E-state index in [1.54, 1.807) is 12.1 Å². The summed E-state index contributed by atoms with van der Waals surface area (Å²) in [4.78, 5) is 2.09. The number of aliphatic hydroxyl groups excluding tert-OH is 1. The number of halogens is 1. The molecule has 0 unspecified atom stereocenters. The van der Waals surface area contributed by atoms with Gasteiger partial charge in [0.25, 0.3) is 0 Å². The van der Waals surface area contributed by atoms with Crippen molar-refractivity contribution in [1.82, 2.24) is 15.1 Å². The SMILES string of the molecule is CCc1nnc(CN2C[C@@H](O)C[C@@H]2c2ccc(F)cc2)o1. The van der Waals surface area contributed by atoms with Gasteiger partial charge in [0.1, 0.15) is 5.82 Å². The van der Waals surface area contributed by atoms with E-state index in [0.717, 1.165) is 5.56 Å². The van der Waals surface area contributed by atoms with Crippen LogP contribution in [0.25, 0.3) is 0 Å². The third kappa shape index (κ3) is 3.11. The predicted octanol–water partition coefficient (Wildman–Crippen LogP) is 2.08. The lowest BCUT2D eigenvalue weighted by molar-refractivity contribution is 0.167. The van der Waals surface area contributed by atoms with Gasteiger partial charge in [0.05, 0.1) is 12.6 Å². The molecule has 3 rings (SSSR count). The van der Waals surface area contributed by atoms with Crippen LogP contribution >= 0.6 is 0 Å². The Bertz CT molecular complexity index is 599. The minimum absolute atomic E-state index is 0.0394. The quantitative estimate of drug-likeness (QED) is 0.934. The Balaban J connectivity index is 1.77. The summed E-state index contributed by atoms with van der Waals surface area (Å²) >= 11 is 0. The molecule has 0 saturated carbocycles. The lowest BCUT2D eigenvalue weighted by Gasteiger charge is -2.22. The number of nitrogens with zero attached hydrogens (tertiary/aromatic N) is 3. The molecular formula is C15H18FN3O2. The van der Waals surface area contributed by atoms with E-state index in [-0.39, 0.29) is 11.9 Å². The molecular weight excluding hydrogens is 273 g/mol. The second kappa shape index (κ2) is 5.91. The van der Waals surface area contributed by atoms with Gasteiger partial charge in [0.15, 0.2) is 0 Å². The van der Waals surface area contributed by atoms with Gasteiger partial charge in [0.2, 0.25) is 11.8 Å². The Morgan fingerprint density at radius 1 is 1.29 bits per heavy atom. The second-order valence-corrected chi connectivity index (χ2v) is 5.33. The summed E-state index contributed by atoms with van der Waals surface area (Å²) in [6.45, 7) is 3.00.